The number of nitrogens with one attached hydrogen (secondary N) is 1. The van der Waals surface area contributed by atoms with Crippen LogP contribution in [0.15, 0.2) is 18.2 Å². The molecule has 1 heterocycles. The molecule has 0 saturated heterocycles. The van der Waals surface area contributed by atoms with Gasteiger partial charge in [-0.05, 0) is 25.5 Å². The summed E-state index contributed by atoms with van der Waals surface area (Å²) in [6.07, 6.45) is 1.34. The van der Waals surface area contributed by atoms with E-state index in [1.165, 1.54) is 12.0 Å². The predicted octanol–water partition coefficient (Wildman–Crippen LogP) is 2.10. The van der Waals surface area contributed by atoms with E-state index < -0.39 is 10.1 Å². The summed E-state index contributed by atoms with van der Waals surface area (Å²) in [5.41, 5.74) is 1.92. The number of carbonyl (C=O) groups is 2. The number of anilines is 1. The lowest BCUT2D eigenvalue weighted by Crippen LogP contribution is -2.29. The molecule has 0 bridgehead atoms. The Morgan fingerprint density at radius 2 is 2.00 bits per heavy atom. The molecule has 1 atom stereocenters. The molecular weight excluding hydrogens is 376 g/mol. The normalized spacial score (nSPS) is 14.9. The molecule has 9 nitrogen and oxygen atoms in total. The number of benzene rings is 1. The van der Waals surface area contributed by atoms with Crippen molar-refractivity contribution in [3.8, 4) is 5.75 Å². The zero-order chi connectivity index (χ0) is 20.6. The van der Waals surface area contributed by atoms with E-state index in [2.05, 4.69) is 10.1 Å². The lowest BCUT2D eigenvalue weighted by atomic mass is 9.95. The number of carbonyl (C=O) groups excluding carboxylic acids is 2. The van der Waals surface area contributed by atoms with E-state index in [0.29, 0.717) is 31.4 Å². The minimum absolute atomic E-state index is 0.130. The maximum Gasteiger partial charge on any atom is 0.414 e. The van der Waals surface area contributed by atoms with E-state index in [4.69, 9.17) is 9.29 Å². The summed E-state index contributed by atoms with van der Waals surface area (Å²) in [5.74, 6) is 0.460. The van der Waals surface area contributed by atoms with Crippen molar-refractivity contribution < 1.29 is 32.0 Å². The standard InChI is InChI=1S/C16H22N2O4.CH4O3S/c1-4-18(2)16(20)22-13-7-5-6-12-15(13)11(10-17-12)8-9-14(19)21-3;1-5(2,3)4/h5-7,11,17H,4,8-10H2,1-3H3;1H3,(H,2,3,4). The van der Waals surface area contributed by atoms with Crippen LogP contribution in [0.1, 0.15) is 31.2 Å². The van der Waals surface area contributed by atoms with Gasteiger partial charge in [-0.25, -0.2) is 4.79 Å². The Labute approximate surface area is 159 Å². The Balaban J connectivity index is 0.000000646. The number of ether oxygens (including phenoxy) is 2. The molecule has 0 aliphatic carbocycles. The van der Waals surface area contributed by atoms with Crippen LogP contribution in [0.5, 0.6) is 5.75 Å². The van der Waals surface area contributed by atoms with E-state index in [-0.39, 0.29) is 18.0 Å². The number of nitrogens with zero attached hydrogens (tertiary/aromatic N) is 1. The van der Waals surface area contributed by atoms with Crippen molar-refractivity contribution in [2.75, 3.05) is 38.8 Å². The molecule has 0 aromatic heterocycles. The second-order valence-electron chi connectivity index (χ2n) is 6.03. The number of fused-ring (bicyclic) bond motifs is 1. The highest BCUT2D eigenvalue weighted by molar-refractivity contribution is 7.85. The summed E-state index contributed by atoms with van der Waals surface area (Å²) in [7, 11) is -0.588. The van der Waals surface area contributed by atoms with Crippen molar-refractivity contribution in [3.05, 3.63) is 23.8 Å². The van der Waals surface area contributed by atoms with E-state index in [1.807, 2.05) is 19.1 Å². The first-order valence-corrected chi connectivity index (χ1v) is 10.2. The summed E-state index contributed by atoms with van der Waals surface area (Å²) >= 11 is 0. The molecule has 10 heteroatoms. The van der Waals surface area contributed by atoms with Gasteiger partial charge in [0.25, 0.3) is 10.1 Å². The fourth-order valence-corrected chi connectivity index (χ4v) is 2.49. The Kier molecular flexibility index (Phi) is 8.51. The van der Waals surface area contributed by atoms with Crippen LogP contribution in [0.2, 0.25) is 0 Å². The SMILES string of the molecule is CCN(C)C(=O)Oc1cccc2c1C(CCC(=O)OC)CN2.CS(=O)(=O)O. The van der Waals surface area contributed by atoms with Gasteiger partial charge in [-0.15, -0.1) is 0 Å². The number of esters is 1. The molecule has 0 radical (unpaired) electrons. The molecule has 1 amide bonds. The minimum Gasteiger partial charge on any atom is -0.469 e. The summed E-state index contributed by atoms with van der Waals surface area (Å²) < 4.78 is 36.1. The van der Waals surface area contributed by atoms with Crippen LogP contribution in [-0.4, -0.2) is 63.4 Å². The second kappa shape index (κ2) is 10.1. The minimum atomic E-state index is -3.67. The number of rotatable bonds is 5. The fraction of sp³-hybridized carbons (Fsp3) is 0.529. The topological polar surface area (TPSA) is 122 Å². The van der Waals surface area contributed by atoms with Crippen molar-refractivity contribution in [1.82, 2.24) is 4.90 Å². The lowest BCUT2D eigenvalue weighted by molar-refractivity contribution is -0.140. The third kappa shape index (κ3) is 7.83. The Morgan fingerprint density at radius 1 is 1.37 bits per heavy atom. The summed E-state index contributed by atoms with van der Waals surface area (Å²) in [6, 6.07) is 5.59. The smallest absolute Gasteiger partial charge is 0.414 e. The van der Waals surface area contributed by atoms with E-state index in [1.54, 1.807) is 13.1 Å². The number of hydrogen-bond acceptors (Lipinski definition) is 7. The first kappa shape index (κ1) is 22.7. The molecular formula is C17H26N2O7S. The molecule has 1 aromatic rings. The van der Waals surface area contributed by atoms with E-state index in [0.717, 1.165) is 17.8 Å². The van der Waals surface area contributed by atoms with Gasteiger partial charge in [0.2, 0.25) is 0 Å². The van der Waals surface area contributed by atoms with Crippen molar-refractivity contribution >= 4 is 27.9 Å². The van der Waals surface area contributed by atoms with Gasteiger partial charge in [0.05, 0.1) is 13.4 Å². The van der Waals surface area contributed by atoms with Crippen LogP contribution < -0.4 is 10.1 Å². The molecule has 152 valence electrons. The second-order valence-corrected chi connectivity index (χ2v) is 7.49. The van der Waals surface area contributed by atoms with Crippen LogP contribution in [-0.2, 0) is 19.6 Å². The van der Waals surface area contributed by atoms with Gasteiger partial charge in [-0.1, -0.05) is 6.07 Å². The molecule has 1 unspecified atom stereocenters. The lowest BCUT2D eigenvalue weighted by Gasteiger charge is -2.18. The van der Waals surface area contributed by atoms with Crippen molar-refractivity contribution in [2.24, 2.45) is 0 Å². The van der Waals surface area contributed by atoms with E-state index in [9.17, 15) is 18.0 Å². The molecule has 2 N–H and O–H groups in total. The summed E-state index contributed by atoms with van der Waals surface area (Å²) in [4.78, 5) is 24.8. The van der Waals surface area contributed by atoms with Gasteiger partial charge in [0.1, 0.15) is 5.75 Å². The maximum absolute atomic E-state index is 12.0. The summed E-state index contributed by atoms with van der Waals surface area (Å²) in [5, 5.41) is 3.29. The number of methoxy groups -OCH3 is 1. The molecule has 1 aromatic carbocycles. The van der Waals surface area contributed by atoms with Crippen LogP contribution in [0.4, 0.5) is 10.5 Å². The van der Waals surface area contributed by atoms with Crippen LogP contribution in [0, 0.1) is 0 Å². The average molecular weight is 402 g/mol. The number of hydrogen-bond donors (Lipinski definition) is 2. The van der Waals surface area contributed by atoms with Gasteiger partial charge >= 0.3 is 12.1 Å². The van der Waals surface area contributed by atoms with E-state index >= 15 is 0 Å². The molecule has 0 spiro atoms. The van der Waals surface area contributed by atoms with Crippen LogP contribution >= 0.6 is 0 Å². The van der Waals surface area contributed by atoms with Gasteiger partial charge in [0, 0.05) is 43.7 Å². The Morgan fingerprint density at radius 3 is 2.56 bits per heavy atom. The quantitative estimate of drug-likeness (QED) is 0.567. The molecule has 27 heavy (non-hydrogen) atoms. The first-order chi connectivity index (χ1) is 12.6. The molecule has 1 aliphatic heterocycles. The Bertz CT molecular complexity index is 757. The first-order valence-electron chi connectivity index (χ1n) is 8.35. The van der Waals surface area contributed by atoms with Crippen LogP contribution in [0.3, 0.4) is 0 Å². The predicted molar refractivity (Wildman–Crippen MR) is 101 cm³/mol. The largest absolute Gasteiger partial charge is 0.469 e. The van der Waals surface area contributed by atoms with Gasteiger partial charge in [-0.3, -0.25) is 9.35 Å². The Hall–Kier alpha value is -2.33. The highest BCUT2D eigenvalue weighted by atomic mass is 32.2. The third-order valence-electron chi connectivity index (χ3n) is 3.92. The van der Waals surface area contributed by atoms with Gasteiger partial charge in [0.15, 0.2) is 0 Å². The average Bonchev–Trinajstić information content (AvgIpc) is 3.01. The fourth-order valence-electron chi connectivity index (χ4n) is 2.49. The van der Waals surface area contributed by atoms with Crippen molar-refractivity contribution in [3.63, 3.8) is 0 Å². The monoisotopic (exact) mass is 402 g/mol. The van der Waals surface area contributed by atoms with Crippen molar-refractivity contribution in [1.29, 1.82) is 0 Å². The molecule has 2 rings (SSSR count). The zero-order valence-corrected chi connectivity index (χ0v) is 16.7. The maximum atomic E-state index is 12.0. The van der Waals surface area contributed by atoms with Gasteiger partial charge < -0.3 is 19.7 Å². The molecule has 1 aliphatic rings. The summed E-state index contributed by atoms with van der Waals surface area (Å²) in [6.45, 7) is 3.19. The zero-order valence-electron chi connectivity index (χ0n) is 15.9. The highest BCUT2D eigenvalue weighted by Gasteiger charge is 2.27. The van der Waals surface area contributed by atoms with Crippen molar-refractivity contribution in [2.45, 2.75) is 25.7 Å². The molecule has 0 saturated carbocycles. The third-order valence-corrected chi connectivity index (χ3v) is 3.92. The van der Waals surface area contributed by atoms with Gasteiger partial charge in [-0.2, -0.15) is 8.42 Å². The number of amides is 1. The highest BCUT2D eigenvalue weighted by Crippen LogP contribution is 2.41. The van der Waals surface area contributed by atoms with Crippen LogP contribution in [0.25, 0.3) is 0 Å². The molecule has 0 fully saturated rings.